The SMILES string of the molecule is Cc1nc(C=O)cc(C2=NOC(c3ccn(C)c(=O)c3)C2)n1. The first-order valence-corrected chi connectivity index (χ1v) is 6.77. The third kappa shape index (κ3) is 2.65. The Morgan fingerprint density at radius 2 is 2.18 bits per heavy atom. The molecule has 0 saturated heterocycles. The summed E-state index contributed by atoms with van der Waals surface area (Å²) in [6.07, 6.45) is 2.53. The van der Waals surface area contributed by atoms with Crippen LogP contribution in [0.3, 0.4) is 0 Å². The first-order chi connectivity index (χ1) is 10.6. The van der Waals surface area contributed by atoms with E-state index >= 15 is 0 Å². The van der Waals surface area contributed by atoms with E-state index in [0.29, 0.717) is 35.6 Å². The molecule has 0 N–H and O–H groups in total. The highest BCUT2D eigenvalue weighted by Gasteiger charge is 2.25. The molecule has 0 aromatic carbocycles. The zero-order valence-electron chi connectivity index (χ0n) is 12.2. The molecule has 3 rings (SSSR count). The number of aldehydes is 1. The number of aromatic nitrogens is 3. The third-order valence-electron chi connectivity index (χ3n) is 3.44. The van der Waals surface area contributed by atoms with Crippen LogP contribution in [0.25, 0.3) is 0 Å². The summed E-state index contributed by atoms with van der Waals surface area (Å²) in [6.45, 7) is 1.71. The quantitative estimate of drug-likeness (QED) is 0.794. The van der Waals surface area contributed by atoms with Gasteiger partial charge < -0.3 is 9.40 Å². The van der Waals surface area contributed by atoms with Crippen LogP contribution in [0.5, 0.6) is 0 Å². The highest BCUT2D eigenvalue weighted by Crippen LogP contribution is 2.28. The number of hydrogen-bond acceptors (Lipinski definition) is 6. The molecule has 7 nitrogen and oxygen atoms in total. The van der Waals surface area contributed by atoms with Crippen molar-refractivity contribution in [3.63, 3.8) is 0 Å². The predicted molar refractivity (Wildman–Crippen MR) is 78.8 cm³/mol. The van der Waals surface area contributed by atoms with Gasteiger partial charge in [0.15, 0.2) is 12.4 Å². The van der Waals surface area contributed by atoms with Crippen molar-refractivity contribution in [3.05, 3.63) is 57.5 Å². The van der Waals surface area contributed by atoms with E-state index in [-0.39, 0.29) is 11.7 Å². The minimum absolute atomic E-state index is 0.101. The first kappa shape index (κ1) is 14.1. The highest BCUT2D eigenvalue weighted by molar-refractivity contribution is 6.00. The maximum atomic E-state index is 11.7. The number of rotatable bonds is 3. The molecular formula is C15H14N4O3. The van der Waals surface area contributed by atoms with Crippen LogP contribution >= 0.6 is 0 Å². The standard InChI is InChI=1S/C15H14N4O3/c1-9-16-11(8-20)6-12(17-9)13-7-14(22-18-13)10-3-4-19(2)15(21)5-10/h3-6,8,14H,7H2,1-2H3. The molecule has 1 aliphatic rings. The molecule has 112 valence electrons. The first-order valence-electron chi connectivity index (χ1n) is 6.77. The Labute approximate surface area is 126 Å². The lowest BCUT2D eigenvalue weighted by Crippen LogP contribution is -2.16. The van der Waals surface area contributed by atoms with E-state index in [9.17, 15) is 9.59 Å². The molecule has 0 amide bonds. The number of carbonyl (C=O) groups is 1. The van der Waals surface area contributed by atoms with E-state index in [1.165, 1.54) is 10.6 Å². The molecule has 0 radical (unpaired) electrons. The minimum atomic E-state index is -0.321. The summed E-state index contributed by atoms with van der Waals surface area (Å²) in [5.41, 5.74) is 2.18. The van der Waals surface area contributed by atoms with E-state index in [1.54, 1.807) is 26.2 Å². The van der Waals surface area contributed by atoms with Gasteiger partial charge in [-0.15, -0.1) is 0 Å². The van der Waals surface area contributed by atoms with Gasteiger partial charge in [-0.1, -0.05) is 5.16 Å². The molecule has 0 bridgehead atoms. The summed E-state index contributed by atoms with van der Waals surface area (Å²) in [7, 11) is 1.69. The van der Waals surface area contributed by atoms with E-state index in [1.807, 2.05) is 6.07 Å². The van der Waals surface area contributed by atoms with Crippen LogP contribution in [0.15, 0.2) is 34.3 Å². The molecular weight excluding hydrogens is 284 g/mol. The molecule has 7 heteroatoms. The highest BCUT2D eigenvalue weighted by atomic mass is 16.6. The Balaban J connectivity index is 1.85. The lowest BCUT2D eigenvalue weighted by molar-refractivity contribution is 0.0855. The van der Waals surface area contributed by atoms with E-state index in [4.69, 9.17) is 4.84 Å². The fourth-order valence-corrected chi connectivity index (χ4v) is 2.27. The molecule has 0 aliphatic carbocycles. The second-order valence-corrected chi connectivity index (χ2v) is 5.09. The number of oxime groups is 1. The van der Waals surface area contributed by atoms with Crippen molar-refractivity contribution in [2.45, 2.75) is 19.4 Å². The topological polar surface area (TPSA) is 86.4 Å². The second-order valence-electron chi connectivity index (χ2n) is 5.09. The van der Waals surface area contributed by atoms with Gasteiger partial charge in [0.05, 0.1) is 5.69 Å². The maximum Gasteiger partial charge on any atom is 0.250 e. The van der Waals surface area contributed by atoms with Crippen molar-refractivity contribution in [1.82, 2.24) is 14.5 Å². The number of nitrogens with zero attached hydrogens (tertiary/aromatic N) is 4. The Morgan fingerprint density at radius 3 is 2.91 bits per heavy atom. The normalized spacial score (nSPS) is 17.0. The van der Waals surface area contributed by atoms with Crippen molar-refractivity contribution >= 4 is 12.0 Å². The van der Waals surface area contributed by atoms with Gasteiger partial charge >= 0.3 is 0 Å². The van der Waals surface area contributed by atoms with Crippen LogP contribution in [0.4, 0.5) is 0 Å². The maximum absolute atomic E-state index is 11.7. The number of pyridine rings is 1. The smallest absolute Gasteiger partial charge is 0.250 e. The van der Waals surface area contributed by atoms with Gasteiger partial charge in [-0.05, 0) is 19.1 Å². The summed E-state index contributed by atoms with van der Waals surface area (Å²) < 4.78 is 1.49. The molecule has 22 heavy (non-hydrogen) atoms. The summed E-state index contributed by atoms with van der Waals surface area (Å²) in [5, 5.41) is 4.03. The summed E-state index contributed by atoms with van der Waals surface area (Å²) in [5.74, 6) is 0.499. The molecule has 2 aromatic heterocycles. The van der Waals surface area contributed by atoms with Gasteiger partial charge in [-0.2, -0.15) is 0 Å². The summed E-state index contributed by atoms with van der Waals surface area (Å²) in [4.78, 5) is 36.3. The van der Waals surface area contributed by atoms with E-state index < -0.39 is 0 Å². The van der Waals surface area contributed by atoms with Crippen molar-refractivity contribution < 1.29 is 9.63 Å². The predicted octanol–water partition coefficient (Wildman–Crippen LogP) is 1.16. The molecule has 2 aromatic rings. The van der Waals surface area contributed by atoms with Gasteiger partial charge in [0.25, 0.3) is 5.56 Å². The summed E-state index contributed by atoms with van der Waals surface area (Å²) in [6, 6.07) is 4.94. The Morgan fingerprint density at radius 1 is 1.36 bits per heavy atom. The molecule has 1 atom stereocenters. The van der Waals surface area contributed by atoms with Crippen LogP contribution in [0.1, 0.15) is 40.1 Å². The summed E-state index contributed by atoms with van der Waals surface area (Å²) >= 11 is 0. The molecule has 3 heterocycles. The number of carbonyl (C=O) groups excluding carboxylic acids is 1. The van der Waals surface area contributed by atoms with Gasteiger partial charge in [0, 0.05) is 31.3 Å². The van der Waals surface area contributed by atoms with Crippen molar-refractivity contribution in [3.8, 4) is 0 Å². The van der Waals surface area contributed by atoms with Crippen molar-refractivity contribution in [2.24, 2.45) is 12.2 Å². The Hall–Kier alpha value is -2.83. The van der Waals surface area contributed by atoms with E-state index in [2.05, 4.69) is 15.1 Å². The number of hydrogen-bond donors (Lipinski definition) is 0. The van der Waals surface area contributed by atoms with Gasteiger partial charge in [-0.25, -0.2) is 9.97 Å². The van der Waals surface area contributed by atoms with Crippen molar-refractivity contribution in [1.29, 1.82) is 0 Å². The molecule has 0 saturated carbocycles. The number of aryl methyl sites for hydroxylation is 2. The van der Waals surface area contributed by atoms with Crippen LogP contribution in [0.2, 0.25) is 0 Å². The van der Waals surface area contributed by atoms with Crippen LogP contribution in [-0.2, 0) is 11.9 Å². The fraction of sp³-hybridized carbons (Fsp3) is 0.267. The third-order valence-corrected chi connectivity index (χ3v) is 3.44. The zero-order chi connectivity index (χ0) is 15.7. The zero-order valence-corrected chi connectivity index (χ0v) is 12.2. The molecule has 0 spiro atoms. The van der Waals surface area contributed by atoms with Gasteiger partial charge in [-0.3, -0.25) is 9.59 Å². The monoisotopic (exact) mass is 298 g/mol. The lowest BCUT2D eigenvalue weighted by atomic mass is 10.0. The average Bonchev–Trinajstić information content (AvgIpc) is 2.99. The van der Waals surface area contributed by atoms with E-state index in [0.717, 1.165) is 5.56 Å². The minimum Gasteiger partial charge on any atom is -0.387 e. The van der Waals surface area contributed by atoms with Crippen LogP contribution < -0.4 is 5.56 Å². The Kier molecular flexibility index (Phi) is 3.54. The fourth-order valence-electron chi connectivity index (χ4n) is 2.27. The lowest BCUT2D eigenvalue weighted by Gasteiger charge is -2.08. The van der Waals surface area contributed by atoms with Gasteiger partial charge in [0.1, 0.15) is 17.2 Å². The van der Waals surface area contributed by atoms with Crippen LogP contribution in [-0.4, -0.2) is 26.5 Å². The largest absolute Gasteiger partial charge is 0.387 e. The second kappa shape index (κ2) is 5.51. The van der Waals surface area contributed by atoms with Crippen molar-refractivity contribution in [2.75, 3.05) is 0 Å². The Bertz CT molecular complexity index is 826. The molecule has 1 aliphatic heterocycles. The average molecular weight is 298 g/mol. The molecule has 1 unspecified atom stereocenters. The molecule has 0 fully saturated rings. The van der Waals surface area contributed by atoms with Gasteiger partial charge in [0.2, 0.25) is 0 Å². The van der Waals surface area contributed by atoms with Crippen LogP contribution in [0, 0.1) is 6.92 Å².